The molecule has 138 valence electrons. The topological polar surface area (TPSA) is 59.0 Å². The summed E-state index contributed by atoms with van der Waals surface area (Å²) in [6.45, 7) is 3.35. The van der Waals surface area contributed by atoms with E-state index >= 15 is 0 Å². The molecule has 1 aliphatic rings. The van der Waals surface area contributed by atoms with Crippen LogP contribution in [0.2, 0.25) is 0 Å². The molecule has 26 heavy (non-hydrogen) atoms. The number of H-pyrrole nitrogens is 1. The quantitative estimate of drug-likeness (QED) is 0.774. The molecule has 0 aliphatic carbocycles. The Morgan fingerprint density at radius 3 is 2.85 bits per heavy atom. The first kappa shape index (κ1) is 17.1. The van der Waals surface area contributed by atoms with E-state index in [0.717, 1.165) is 21.5 Å². The number of aromatic amines is 1. The molecule has 3 aromatic rings. The first-order valence-electron chi connectivity index (χ1n) is 8.63. The molecule has 1 fully saturated rings. The predicted molar refractivity (Wildman–Crippen MR) is 93.0 cm³/mol. The molecule has 3 heterocycles. The van der Waals surface area contributed by atoms with Crippen molar-refractivity contribution in [2.24, 2.45) is 0 Å². The summed E-state index contributed by atoms with van der Waals surface area (Å²) in [7, 11) is 0. The van der Waals surface area contributed by atoms with Gasteiger partial charge in [0.05, 0.1) is 42.5 Å². The summed E-state index contributed by atoms with van der Waals surface area (Å²) in [4.78, 5) is 6.61. The largest absolute Gasteiger partial charge is 0.378 e. The highest BCUT2D eigenvalue weighted by Gasteiger charge is 2.30. The second-order valence-electron chi connectivity index (χ2n) is 6.57. The second kappa shape index (κ2) is 6.77. The second-order valence-corrected chi connectivity index (χ2v) is 6.57. The number of fused-ring (bicyclic) bond motifs is 1. The van der Waals surface area contributed by atoms with Crippen LogP contribution in [-0.4, -0.2) is 44.4 Å². The number of para-hydroxylation sites is 2. The normalized spacial score (nSPS) is 18.9. The Morgan fingerprint density at radius 1 is 1.31 bits per heavy atom. The van der Waals surface area contributed by atoms with Gasteiger partial charge >= 0.3 is 6.55 Å². The van der Waals surface area contributed by atoms with Gasteiger partial charge in [-0.15, -0.1) is 0 Å². The van der Waals surface area contributed by atoms with Crippen LogP contribution in [0.25, 0.3) is 11.0 Å². The number of nitrogens with one attached hydrogen (secondary N) is 1. The van der Waals surface area contributed by atoms with E-state index in [-0.39, 0.29) is 6.04 Å². The average molecular weight is 361 g/mol. The molecule has 4 rings (SSSR count). The van der Waals surface area contributed by atoms with Gasteiger partial charge in [-0.2, -0.15) is 13.9 Å². The van der Waals surface area contributed by atoms with E-state index in [1.807, 2.05) is 19.9 Å². The van der Waals surface area contributed by atoms with Crippen molar-refractivity contribution < 1.29 is 13.5 Å². The smallest absolute Gasteiger partial charge is 0.320 e. The lowest BCUT2D eigenvalue weighted by atomic mass is 10.0. The minimum absolute atomic E-state index is 0.0339. The molecular weight excluding hydrogens is 340 g/mol. The lowest BCUT2D eigenvalue weighted by molar-refractivity contribution is -0.0168. The fourth-order valence-corrected chi connectivity index (χ4v) is 3.75. The number of imidazole rings is 1. The molecule has 0 spiro atoms. The van der Waals surface area contributed by atoms with Crippen LogP contribution in [0.3, 0.4) is 0 Å². The number of nitrogens with zero attached hydrogens (tertiary/aromatic N) is 4. The van der Waals surface area contributed by atoms with Crippen LogP contribution in [0.4, 0.5) is 8.78 Å². The average Bonchev–Trinajstić information content (AvgIpc) is 3.15. The maximum absolute atomic E-state index is 13.7. The summed E-state index contributed by atoms with van der Waals surface area (Å²) in [6, 6.07) is 6.97. The molecular formula is C18H21F2N5O. The van der Waals surface area contributed by atoms with Crippen molar-refractivity contribution in [2.45, 2.75) is 33.0 Å². The minimum Gasteiger partial charge on any atom is -0.378 e. The molecule has 0 saturated carbocycles. The van der Waals surface area contributed by atoms with E-state index in [0.29, 0.717) is 43.2 Å². The highest BCUT2D eigenvalue weighted by Crippen LogP contribution is 2.31. The number of hydrogen-bond acceptors (Lipinski definition) is 4. The zero-order valence-corrected chi connectivity index (χ0v) is 14.7. The summed E-state index contributed by atoms with van der Waals surface area (Å²) < 4.78 is 34.1. The van der Waals surface area contributed by atoms with Crippen molar-refractivity contribution in [3.05, 3.63) is 47.0 Å². The first-order chi connectivity index (χ1) is 12.6. The van der Waals surface area contributed by atoms with Gasteiger partial charge in [0.1, 0.15) is 5.82 Å². The van der Waals surface area contributed by atoms with Crippen LogP contribution in [0.15, 0.2) is 24.3 Å². The third-order valence-electron chi connectivity index (χ3n) is 4.97. The highest BCUT2D eigenvalue weighted by molar-refractivity contribution is 5.75. The fraction of sp³-hybridized carbons (Fsp3) is 0.444. The van der Waals surface area contributed by atoms with E-state index in [2.05, 4.69) is 20.1 Å². The lowest BCUT2D eigenvalue weighted by Gasteiger charge is -2.35. The van der Waals surface area contributed by atoms with Crippen LogP contribution in [-0.2, 0) is 11.3 Å². The molecule has 1 aromatic carbocycles. The number of benzene rings is 1. The van der Waals surface area contributed by atoms with Gasteiger partial charge < -0.3 is 4.74 Å². The van der Waals surface area contributed by atoms with E-state index < -0.39 is 6.55 Å². The van der Waals surface area contributed by atoms with E-state index in [4.69, 9.17) is 4.74 Å². The van der Waals surface area contributed by atoms with Gasteiger partial charge in [0, 0.05) is 17.8 Å². The van der Waals surface area contributed by atoms with Crippen LogP contribution in [0, 0.1) is 13.8 Å². The van der Waals surface area contributed by atoms with E-state index in [1.165, 1.54) is 0 Å². The van der Waals surface area contributed by atoms with Gasteiger partial charge in [-0.3, -0.25) is 14.6 Å². The summed E-state index contributed by atoms with van der Waals surface area (Å²) >= 11 is 0. The lowest BCUT2D eigenvalue weighted by Crippen LogP contribution is -2.40. The van der Waals surface area contributed by atoms with Crippen molar-refractivity contribution in [2.75, 3.05) is 19.8 Å². The van der Waals surface area contributed by atoms with Crippen molar-refractivity contribution >= 4 is 11.0 Å². The van der Waals surface area contributed by atoms with Gasteiger partial charge in [-0.25, -0.2) is 4.98 Å². The zero-order valence-electron chi connectivity index (χ0n) is 14.7. The maximum Gasteiger partial charge on any atom is 0.320 e. The molecule has 2 aromatic heterocycles. The van der Waals surface area contributed by atoms with Crippen molar-refractivity contribution in [1.82, 2.24) is 24.6 Å². The van der Waals surface area contributed by atoms with Crippen LogP contribution in [0.1, 0.15) is 35.4 Å². The van der Waals surface area contributed by atoms with Gasteiger partial charge in [0.15, 0.2) is 0 Å². The molecule has 1 aliphatic heterocycles. The Hall–Kier alpha value is -2.32. The number of ether oxygens (including phenoxy) is 1. The Kier molecular flexibility index (Phi) is 4.46. The maximum atomic E-state index is 13.7. The fourth-order valence-electron chi connectivity index (χ4n) is 3.75. The van der Waals surface area contributed by atoms with Crippen LogP contribution < -0.4 is 0 Å². The number of hydrogen-bond donors (Lipinski definition) is 1. The van der Waals surface area contributed by atoms with Crippen molar-refractivity contribution in [1.29, 1.82) is 0 Å². The molecule has 0 bridgehead atoms. The summed E-state index contributed by atoms with van der Waals surface area (Å²) in [5.74, 6) is 0.368. The van der Waals surface area contributed by atoms with Crippen molar-refractivity contribution in [3.63, 3.8) is 0 Å². The number of halogens is 2. The minimum atomic E-state index is -2.63. The van der Waals surface area contributed by atoms with Gasteiger partial charge in [0.2, 0.25) is 0 Å². The highest BCUT2D eigenvalue weighted by atomic mass is 19.3. The molecule has 0 amide bonds. The number of aromatic nitrogens is 4. The summed E-state index contributed by atoms with van der Waals surface area (Å²) in [6.07, 6.45) is 0. The van der Waals surface area contributed by atoms with Crippen LogP contribution in [0.5, 0.6) is 0 Å². The SMILES string of the molecule is Cc1n[nH]c(C)c1C1COCCN1Cc1nc2ccccc2n1C(F)F. The Bertz CT molecular complexity index is 900. The monoisotopic (exact) mass is 361 g/mol. The van der Waals surface area contributed by atoms with Gasteiger partial charge in [0.25, 0.3) is 0 Å². The van der Waals surface area contributed by atoms with E-state index in [9.17, 15) is 8.78 Å². The first-order valence-corrected chi connectivity index (χ1v) is 8.63. The third-order valence-corrected chi connectivity index (χ3v) is 4.97. The Balaban J connectivity index is 1.71. The molecule has 1 saturated heterocycles. The summed E-state index contributed by atoms with van der Waals surface area (Å²) in [5.41, 5.74) is 4.00. The molecule has 1 atom stereocenters. The Labute approximate surface area is 149 Å². The van der Waals surface area contributed by atoms with Gasteiger partial charge in [-0.1, -0.05) is 12.1 Å². The third kappa shape index (κ3) is 2.89. The zero-order chi connectivity index (χ0) is 18.3. The molecule has 0 radical (unpaired) electrons. The predicted octanol–water partition coefficient (Wildman–Crippen LogP) is 3.34. The summed E-state index contributed by atoms with van der Waals surface area (Å²) in [5, 5.41) is 7.26. The molecule has 6 nitrogen and oxygen atoms in total. The number of rotatable bonds is 4. The van der Waals surface area contributed by atoms with Crippen LogP contribution >= 0.6 is 0 Å². The van der Waals surface area contributed by atoms with Crippen molar-refractivity contribution in [3.8, 4) is 0 Å². The molecule has 8 heteroatoms. The number of aryl methyl sites for hydroxylation is 2. The van der Waals surface area contributed by atoms with E-state index in [1.54, 1.807) is 18.2 Å². The molecule has 1 N–H and O–H groups in total. The van der Waals surface area contributed by atoms with Gasteiger partial charge in [-0.05, 0) is 26.0 Å². The number of alkyl halides is 2. The Morgan fingerprint density at radius 2 is 2.12 bits per heavy atom. The number of morpholine rings is 1. The standard InChI is InChI=1S/C18H21F2N5O/c1-11-17(12(2)23-22-11)15-10-26-8-7-24(15)9-16-21-13-5-3-4-6-14(13)25(16)18(19)20/h3-6,15,18H,7-10H2,1-2H3,(H,22,23). The molecule has 1 unspecified atom stereocenters.